The lowest BCUT2D eigenvalue weighted by Gasteiger charge is -2.58. The van der Waals surface area contributed by atoms with Crippen LogP contribution in [0.5, 0.6) is 0 Å². The van der Waals surface area contributed by atoms with E-state index in [9.17, 15) is 14.7 Å². The van der Waals surface area contributed by atoms with E-state index in [1.165, 1.54) is 19.3 Å². The maximum Gasteiger partial charge on any atom is 0.326 e. The number of amides is 1. The van der Waals surface area contributed by atoms with Crippen LogP contribution in [0.2, 0.25) is 0 Å². The predicted molar refractivity (Wildman–Crippen MR) is 111 cm³/mol. The van der Waals surface area contributed by atoms with E-state index in [0.29, 0.717) is 23.3 Å². The van der Waals surface area contributed by atoms with Gasteiger partial charge in [0.2, 0.25) is 0 Å². The standard InChI is InChI=1S/C25H27NO3/c27-23(21-8-6-20(7-9-21)19-4-2-1-3-5-19)26-22(24(28)29)25-13-16-10-17(14-25)12-18(11-16)15-25/h1-9,16-18,22H,10-15H2,(H,26,27)(H,28,29). The second-order valence-corrected chi connectivity index (χ2v) is 9.47. The zero-order valence-corrected chi connectivity index (χ0v) is 16.5. The van der Waals surface area contributed by atoms with Gasteiger partial charge in [0.05, 0.1) is 0 Å². The molecule has 1 unspecified atom stereocenters. The first-order valence-electron chi connectivity index (χ1n) is 10.7. The molecule has 2 aromatic rings. The van der Waals surface area contributed by atoms with Crippen molar-refractivity contribution in [2.24, 2.45) is 23.2 Å². The number of carboxylic acid groups (broad SMARTS) is 1. The van der Waals surface area contributed by atoms with E-state index >= 15 is 0 Å². The summed E-state index contributed by atoms with van der Waals surface area (Å²) >= 11 is 0. The molecule has 1 atom stereocenters. The Hall–Kier alpha value is -2.62. The number of rotatable bonds is 5. The normalized spacial score (nSPS) is 30.7. The first-order valence-corrected chi connectivity index (χ1v) is 10.7. The molecular weight excluding hydrogens is 362 g/mol. The Bertz CT molecular complexity index is 884. The van der Waals surface area contributed by atoms with Crippen molar-refractivity contribution in [2.75, 3.05) is 0 Å². The van der Waals surface area contributed by atoms with Crippen LogP contribution in [0.25, 0.3) is 11.1 Å². The predicted octanol–water partition coefficient (Wildman–Crippen LogP) is 4.75. The largest absolute Gasteiger partial charge is 0.480 e. The molecule has 4 aliphatic carbocycles. The van der Waals surface area contributed by atoms with Gasteiger partial charge in [-0.2, -0.15) is 0 Å². The highest BCUT2D eigenvalue weighted by Crippen LogP contribution is 2.61. The summed E-state index contributed by atoms with van der Waals surface area (Å²) in [6.45, 7) is 0. The van der Waals surface area contributed by atoms with Gasteiger partial charge in [0.1, 0.15) is 6.04 Å². The van der Waals surface area contributed by atoms with Gasteiger partial charge in [0.15, 0.2) is 0 Å². The summed E-state index contributed by atoms with van der Waals surface area (Å²) in [4.78, 5) is 25.1. The van der Waals surface area contributed by atoms with Crippen LogP contribution in [0, 0.1) is 23.2 Å². The molecule has 0 aromatic heterocycles. The molecule has 0 radical (unpaired) electrons. The average molecular weight is 389 g/mol. The maximum absolute atomic E-state index is 12.9. The highest BCUT2D eigenvalue weighted by Gasteiger charge is 2.56. The summed E-state index contributed by atoms with van der Waals surface area (Å²) in [6, 6.07) is 16.6. The summed E-state index contributed by atoms with van der Waals surface area (Å²) in [5.74, 6) is 0.759. The Balaban J connectivity index is 1.35. The fraction of sp³-hybridized carbons (Fsp3) is 0.440. The first-order chi connectivity index (χ1) is 14.0. The molecule has 4 saturated carbocycles. The molecule has 0 spiro atoms. The van der Waals surface area contributed by atoms with Crippen molar-refractivity contribution in [3.63, 3.8) is 0 Å². The van der Waals surface area contributed by atoms with Crippen LogP contribution in [0.15, 0.2) is 54.6 Å². The molecule has 1 amide bonds. The van der Waals surface area contributed by atoms with E-state index in [1.54, 1.807) is 12.1 Å². The minimum Gasteiger partial charge on any atom is -0.480 e. The van der Waals surface area contributed by atoms with E-state index in [2.05, 4.69) is 5.32 Å². The highest BCUT2D eigenvalue weighted by atomic mass is 16.4. The Morgan fingerprint density at radius 3 is 1.86 bits per heavy atom. The summed E-state index contributed by atoms with van der Waals surface area (Å²) in [6.07, 6.45) is 6.59. The molecule has 0 heterocycles. The molecule has 29 heavy (non-hydrogen) atoms. The van der Waals surface area contributed by atoms with Gasteiger partial charge < -0.3 is 10.4 Å². The molecular formula is C25H27NO3. The molecule has 4 heteroatoms. The third-order valence-corrected chi connectivity index (χ3v) is 7.47. The van der Waals surface area contributed by atoms with Gasteiger partial charge in [0, 0.05) is 11.0 Å². The maximum atomic E-state index is 12.9. The van der Waals surface area contributed by atoms with Crippen molar-refractivity contribution in [3.8, 4) is 11.1 Å². The van der Waals surface area contributed by atoms with E-state index in [0.717, 1.165) is 30.4 Å². The van der Waals surface area contributed by atoms with Gasteiger partial charge >= 0.3 is 5.97 Å². The minimum atomic E-state index is -0.888. The van der Waals surface area contributed by atoms with Crippen molar-refractivity contribution in [1.29, 1.82) is 0 Å². The SMILES string of the molecule is O=C(NC(C(=O)O)C12CC3CC(CC(C3)C1)C2)c1ccc(-c2ccccc2)cc1. The number of carbonyl (C=O) groups is 2. The van der Waals surface area contributed by atoms with Crippen LogP contribution in [0.1, 0.15) is 48.9 Å². The fourth-order valence-corrected chi connectivity index (χ4v) is 6.67. The number of benzene rings is 2. The van der Waals surface area contributed by atoms with Gasteiger partial charge in [-0.15, -0.1) is 0 Å². The summed E-state index contributed by atoms with van der Waals surface area (Å²) in [7, 11) is 0. The van der Waals surface area contributed by atoms with Gasteiger partial charge in [-0.3, -0.25) is 4.79 Å². The van der Waals surface area contributed by atoms with Crippen LogP contribution >= 0.6 is 0 Å². The van der Waals surface area contributed by atoms with Crippen molar-refractivity contribution in [1.82, 2.24) is 5.32 Å². The van der Waals surface area contributed by atoms with Gasteiger partial charge in [-0.05, 0) is 79.5 Å². The van der Waals surface area contributed by atoms with Crippen LogP contribution in [-0.2, 0) is 4.79 Å². The highest BCUT2D eigenvalue weighted by molar-refractivity contribution is 5.97. The molecule has 150 valence electrons. The third-order valence-electron chi connectivity index (χ3n) is 7.47. The van der Waals surface area contributed by atoms with Gasteiger partial charge in [-0.1, -0.05) is 42.5 Å². The van der Waals surface area contributed by atoms with Gasteiger partial charge in [0.25, 0.3) is 5.91 Å². The summed E-state index contributed by atoms with van der Waals surface area (Å²) < 4.78 is 0. The smallest absolute Gasteiger partial charge is 0.326 e. The zero-order valence-electron chi connectivity index (χ0n) is 16.5. The molecule has 4 fully saturated rings. The summed E-state index contributed by atoms with van der Waals surface area (Å²) in [5, 5.41) is 12.9. The number of aliphatic carboxylic acids is 1. The lowest BCUT2D eigenvalue weighted by atomic mass is 9.47. The first kappa shape index (κ1) is 18.4. The van der Waals surface area contributed by atoms with Crippen LogP contribution in [-0.4, -0.2) is 23.0 Å². The van der Waals surface area contributed by atoms with E-state index in [4.69, 9.17) is 0 Å². The van der Waals surface area contributed by atoms with Crippen molar-refractivity contribution in [2.45, 2.75) is 44.6 Å². The topological polar surface area (TPSA) is 66.4 Å². The summed E-state index contributed by atoms with van der Waals surface area (Å²) in [5.41, 5.74) is 2.38. The molecule has 4 aliphatic rings. The van der Waals surface area contributed by atoms with Gasteiger partial charge in [-0.25, -0.2) is 4.79 Å². The molecule has 4 bridgehead atoms. The minimum absolute atomic E-state index is 0.264. The van der Waals surface area contributed by atoms with E-state index in [-0.39, 0.29) is 11.3 Å². The second-order valence-electron chi connectivity index (χ2n) is 9.47. The average Bonchev–Trinajstić information content (AvgIpc) is 2.71. The Kier molecular flexibility index (Phi) is 4.45. The number of carboxylic acids is 1. The Labute approximate surface area is 171 Å². The van der Waals surface area contributed by atoms with E-state index < -0.39 is 12.0 Å². The lowest BCUT2D eigenvalue weighted by molar-refractivity contribution is -0.150. The molecule has 0 saturated heterocycles. The quantitative estimate of drug-likeness (QED) is 0.775. The van der Waals surface area contributed by atoms with Crippen LogP contribution < -0.4 is 5.32 Å². The van der Waals surface area contributed by atoms with Crippen molar-refractivity contribution >= 4 is 11.9 Å². The molecule has 2 N–H and O–H groups in total. The van der Waals surface area contributed by atoms with Crippen LogP contribution in [0.3, 0.4) is 0 Å². The van der Waals surface area contributed by atoms with Crippen molar-refractivity contribution < 1.29 is 14.7 Å². The van der Waals surface area contributed by atoms with E-state index in [1.807, 2.05) is 42.5 Å². The zero-order chi connectivity index (χ0) is 20.0. The third kappa shape index (κ3) is 3.35. The second kappa shape index (κ2) is 7.01. The number of hydrogen-bond donors (Lipinski definition) is 2. The lowest BCUT2D eigenvalue weighted by Crippen LogP contribution is -2.59. The number of nitrogens with one attached hydrogen (secondary N) is 1. The van der Waals surface area contributed by atoms with Crippen LogP contribution in [0.4, 0.5) is 0 Å². The number of hydrogen-bond acceptors (Lipinski definition) is 2. The Morgan fingerprint density at radius 1 is 0.828 bits per heavy atom. The Morgan fingerprint density at radius 2 is 1.34 bits per heavy atom. The monoisotopic (exact) mass is 389 g/mol. The molecule has 4 nitrogen and oxygen atoms in total. The molecule has 0 aliphatic heterocycles. The van der Waals surface area contributed by atoms with Crippen molar-refractivity contribution in [3.05, 3.63) is 60.2 Å². The molecule has 2 aromatic carbocycles. The molecule has 6 rings (SSSR count). The fourth-order valence-electron chi connectivity index (χ4n) is 6.67. The number of carbonyl (C=O) groups excluding carboxylic acids is 1.